The topological polar surface area (TPSA) is 15.3 Å². The van der Waals surface area contributed by atoms with Gasteiger partial charge >= 0.3 is 0 Å². The van der Waals surface area contributed by atoms with Crippen molar-refractivity contribution in [2.75, 3.05) is 26.2 Å². The van der Waals surface area contributed by atoms with Gasteiger partial charge in [0, 0.05) is 25.7 Å². The quantitative estimate of drug-likeness (QED) is 0.848. The van der Waals surface area contributed by atoms with Gasteiger partial charge in [-0.25, -0.2) is 0 Å². The van der Waals surface area contributed by atoms with E-state index in [1.54, 1.807) is 0 Å². The summed E-state index contributed by atoms with van der Waals surface area (Å²) >= 11 is 1.81. The number of nitrogens with one attached hydrogen (secondary N) is 1. The van der Waals surface area contributed by atoms with E-state index in [2.05, 4.69) is 34.0 Å². The lowest BCUT2D eigenvalue weighted by molar-refractivity contribution is 0.205. The Kier molecular flexibility index (Phi) is 4.18. The minimum Gasteiger partial charge on any atom is -0.315 e. The molecule has 0 bridgehead atoms. The zero-order chi connectivity index (χ0) is 10.5. The fourth-order valence-electron chi connectivity index (χ4n) is 2.35. The average Bonchev–Trinajstić information content (AvgIpc) is 2.63. The molecule has 1 aliphatic rings. The first-order valence-electron chi connectivity index (χ1n) is 5.88. The SMILES string of the molecule is CCC(c1ccsc1)N1CCCNCC1. The molecule has 1 aliphatic heterocycles. The Morgan fingerprint density at radius 3 is 3.13 bits per heavy atom. The van der Waals surface area contributed by atoms with E-state index in [4.69, 9.17) is 0 Å². The first-order valence-corrected chi connectivity index (χ1v) is 6.83. The normalized spacial score (nSPS) is 21.1. The van der Waals surface area contributed by atoms with E-state index in [1.807, 2.05) is 11.3 Å². The van der Waals surface area contributed by atoms with Gasteiger partial charge in [-0.05, 0) is 41.8 Å². The molecule has 1 atom stereocenters. The summed E-state index contributed by atoms with van der Waals surface area (Å²) in [5, 5.41) is 7.95. The fourth-order valence-corrected chi connectivity index (χ4v) is 3.05. The van der Waals surface area contributed by atoms with Crippen LogP contribution in [-0.2, 0) is 0 Å². The Labute approximate surface area is 96.3 Å². The molecule has 2 rings (SSSR count). The molecule has 1 saturated heterocycles. The maximum Gasteiger partial charge on any atom is 0.0354 e. The standard InChI is InChI=1S/C12H20N2S/c1-2-12(11-4-9-15-10-11)14-7-3-5-13-6-8-14/h4,9-10,12-13H,2-3,5-8H2,1H3. The van der Waals surface area contributed by atoms with E-state index in [0.29, 0.717) is 6.04 Å². The van der Waals surface area contributed by atoms with Crippen molar-refractivity contribution >= 4 is 11.3 Å². The fraction of sp³-hybridized carbons (Fsp3) is 0.667. The van der Waals surface area contributed by atoms with Crippen LogP contribution in [0, 0.1) is 0 Å². The summed E-state index contributed by atoms with van der Waals surface area (Å²) in [6, 6.07) is 2.91. The van der Waals surface area contributed by atoms with Gasteiger partial charge in [0.1, 0.15) is 0 Å². The van der Waals surface area contributed by atoms with Crippen molar-refractivity contribution in [3.8, 4) is 0 Å². The summed E-state index contributed by atoms with van der Waals surface area (Å²) < 4.78 is 0. The molecule has 84 valence electrons. The Hall–Kier alpha value is -0.380. The van der Waals surface area contributed by atoms with Crippen molar-refractivity contribution < 1.29 is 0 Å². The molecule has 3 heteroatoms. The summed E-state index contributed by atoms with van der Waals surface area (Å²) in [5.74, 6) is 0. The maximum atomic E-state index is 3.46. The van der Waals surface area contributed by atoms with Gasteiger partial charge in [0.05, 0.1) is 0 Å². The van der Waals surface area contributed by atoms with Crippen LogP contribution in [0.25, 0.3) is 0 Å². The number of rotatable bonds is 3. The van der Waals surface area contributed by atoms with Gasteiger partial charge in [0.25, 0.3) is 0 Å². The second kappa shape index (κ2) is 5.64. The largest absolute Gasteiger partial charge is 0.315 e. The van der Waals surface area contributed by atoms with Gasteiger partial charge in [0.15, 0.2) is 0 Å². The second-order valence-corrected chi connectivity index (χ2v) is 4.90. The lowest BCUT2D eigenvalue weighted by atomic mass is 10.1. The number of nitrogens with zero attached hydrogens (tertiary/aromatic N) is 1. The lowest BCUT2D eigenvalue weighted by Crippen LogP contribution is -2.31. The van der Waals surface area contributed by atoms with E-state index in [-0.39, 0.29) is 0 Å². The lowest BCUT2D eigenvalue weighted by Gasteiger charge is -2.29. The van der Waals surface area contributed by atoms with Gasteiger partial charge < -0.3 is 5.32 Å². The van der Waals surface area contributed by atoms with Crippen LogP contribution in [0.1, 0.15) is 31.4 Å². The summed E-state index contributed by atoms with van der Waals surface area (Å²) in [6.07, 6.45) is 2.50. The first kappa shape index (κ1) is 11.1. The monoisotopic (exact) mass is 224 g/mol. The van der Waals surface area contributed by atoms with Crippen molar-refractivity contribution in [2.45, 2.75) is 25.8 Å². The van der Waals surface area contributed by atoms with Crippen molar-refractivity contribution in [3.05, 3.63) is 22.4 Å². The third-order valence-electron chi connectivity index (χ3n) is 3.13. The molecule has 1 fully saturated rings. The molecule has 0 aliphatic carbocycles. The average molecular weight is 224 g/mol. The smallest absolute Gasteiger partial charge is 0.0354 e. The number of thiophene rings is 1. The zero-order valence-electron chi connectivity index (χ0n) is 9.41. The number of hydrogen-bond donors (Lipinski definition) is 1. The third kappa shape index (κ3) is 2.80. The Balaban J connectivity index is 2.04. The van der Waals surface area contributed by atoms with Crippen molar-refractivity contribution in [1.29, 1.82) is 0 Å². The highest BCUT2D eigenvalue weighted by molar-refractivity contribution is 7.07. The van der Waals surface area contributed by atoms with Gasteiger partial charge in [-0.2, -0.15) is 11.3 Å². The summed E-state index contributed by atoms with van der Waals surface area (Å²) in [6.45, 7) is 7.04. The minimum atomic E-state index is 0.635. The van der Waals surface area contributed by atoms with Crippen LogP contribution in [0.4, 0.5) is 0 Å². The summed E-state index contributed by atoms with van der Waals surface area (Å²) in [7, 11) is 0. The molecule has 0 aromatic carbocycles. The van der Waals surface area contributed by atoms with E-state index >= 15 is 0 Å². The molecule has 0 spiro atoms. The van der Waals surface area contributed by atoms with Crippen LogP contribution in [-0.4, -0.2) is 31.1 Å². The van der Waals surface area contributed by atoms with Crippen molar-refractivity contribution in [2.24, 2.45) is 0 Å². The minimum absolute atomic E-state index is 0.635. The molecule has 2 heterocycles. The Morgan fingerprint density at radius 2 is 2.40 bits per heavy atom. The zero-order valence-corrected chi connectivity index (χ0v) is 10.2. The summed E-state index contributed by atoms with van der Waals surface area (Å²) in [5.41, 5.74) is 1.50. The van der Waals surface area contributed by atoms with Crippen molar-refractivity contribution in [3.63, 3.8) is 0 Å². The van der Waals surface area contributed by atoms with Crippen LogP contribution < -0.4 is 5.32 Å². The van der Waals surface area contributed by atoms with Crippen LogP contribution in [0.15, 0.2) is 16.8 Å². The summed E-state index contributed by atoms with van der Waals surface area (Å²) in [4.78, 5) is 2.63. The Bertz CT molecular complexity index is 263. The predicted molar refractivity (Wildman–Crippen MR) is 66.4 cm³/mol. The Morgan fingerprint density at radius 1 is 1.47 bits per heavy atom. The molecule has 0 amide bonds. The molecule has 15 heavy (non-hydrogen) atoms. The van der Waals surface area contributed by atoms with Crippen LogP contribution in [0.3, 0.4) is 0 Å². The van der Waals surface area contributed by atoms with E-state index in [0.717, 1.165) is 6.54 Å². The molecule has 1 N–H and O–H groups in total. The molecule has 0 saturated carbocycles. The molecule has 2 nitrogen and oxygen atoms in total. The van der Waals surface area contributed by atoms with E-state index in [9.17, 15) is 0 Å². The molecule has 1 aromatic heterocycles. The highest BCUT2D eigenvalue weighted by atomic mass is 32.1. The van der Waals surface area contributed by atoms with Crippen LogP contribution in [0.5, 0.6) is 0 Å². The molecule has 1 unspecified atom stereocenters. The van der Waals surface area contributed by atoms with Gasteiger partial charge in [-0.3, -0.25) is 4.90 Å². The van der Waals surface area contributed by atoms with Gasteiger partial charge in [-0.1, -0.05) is 6.92 Å². The molecular formula is C12H20N2S. The first-order chi connectivity index (χ1) is 7.42. The van der Waals surface area contributed by atoms with Crippen LogP contribution in [0.2, 0.25) is 0 Å². The van der Waals surface area contributed by atoms with Gasteiger partial charge in [0.2, 0.25) is 0 Å². The second-order valence-electron chi connectivity index (χ2n) is 4.12. The number of hydrogen-bond acceptors (Lipinski definition) is 3. The van der Waals surface area contributed by atoms with Crippen LogP contribution >= 0.6 is 11.3 Å². The van der Waals surface area contributed by atoms with Crippen molar-refractivity contribution in [1.82, 2.24) is 10.2 Å². The molecular weight excluding hydrogens is 204 g/mol. The molecule has 0 radical (unpaired) electrons. The maximum absolute atomic E-state index is 3.46. The predicted octanol–water partition coefficient (Wildman–Crippen LogP) is 2.49. The van der Waals surface area contributed by atoms with E-state index in [1.165, 1.54) is 38.0 Å². The van der Waals surface area contributed by atoms with Gasteiger partial charge in [-0.15, -0.1) is 0 Å². The molecule has 1 aromatic rings. The van der Waals surface area contributed by atoms with E-state index < -0.39 is 0 Å². The highest BCUT2D eigenvalue weighted by Crippen LogP contribution is 2.26. The highest BCUT2D eigenvalue weighted by Gasteiger charge is 2.19. The third-order valence-corrected chi connectivity index (χ3v) is 3.83.